The molecule has 0 atom stereocenters. The molecule has 132 valence electrons. The van der Waals surface area contributed by atoms with Gasteiger partial charge in [0.15, 0.2) is 0 Å². The number of nitrogens with one attached hydrogen (secondary N) is 1. The molecule has 1 heterocycles. The van der Waals surface area contributed by atoms with Crippen LogP contribution in [-0.4, -0.2) is 18.2 Å². The van der Waals surface area contributed by atoms with Gasteiger partial charge in [0.05, 0.1) is 5.56 Å². The first kappa shape index (κ1) is 17.9. The number of carbonyl (C=O) groups is 1. The lowest BCUT2D eigenvalue weighted by atomic mass is 9.95. The zero-order chi connectivity index (χ0) is 17.6. The fourth-order valence-corrected chi connectivity index (χ4v) is 3.92. The molecule has 1 N–H and O–H groups in total. The maximum absolute atomic E-state index is 12.5. The van der Waals surface area contributed by atoms with Gasteiger partial charge in [-0.15, -0.1) is 11.3 Å². The summed E-state index contributed by atoms with van der Waals surface area (Å²) < 4.78 is 0. The number of nitrogens with zero attached hydrogens (tertiary/aromatic N) is 1. The van der Waals surface area contributed by atoms with Crippen molar-refractivity contribution >= 4 is 28.5 Å². The fraction of sp³-hybridized carbons (Fsp3) is 0.429. The van der Waals surface area contributed by atoms with Crippen LogP contribution >= 0.6 is 11.3 Å². The third-order valence-corrected chi connectivity index (χ3v) is 5.58. The molecule has 3 rings (SSSR count). The lowest BCUT2D eigenvalue weighted by Crippen LogP contribution is -2.35. The molecule has 0 radical (unpaired) electrons. The molecule has 1 saturated carbocycles. The molecule has 4 heteroatoms. The van der Waals surface area contributed by atoms with Crippen LogP contribution in [0.3, 0.4) is 0 Å². The van der Waals surface area contributed by atoms with Crippen molar-refractivity contribution in [2.45, 2.75) is 57.9 Å². The summed E-state index contributed by atoms with van der Waals surface area (Å²) >= 11 is 1.51. The van der Waals surface area contributed by atoms with Gasteiger partial charge >= 0.3 is 0 Å². The SMILES string of the molecule is CC(C)c1ccc(C=Nc2sccc2C(=O)NC2CCCCC2)cc1. The minimum atomic E-state index is 0.00968. The van der Waals surface area contributed by atoms with E-state index < -0.39 is 0 Å². The van der Waals surface area contributed by atoms with Crippen LogP contribution in [0.4, 0.5) is 5.00 Å². The maximum Gasteiger partial charge on any atom is 0.254 e. The Labute approximate surface area is 154 Å². The van der Waals surface area contributed by atoms with E-state index in [0.717, 1.165) is 23.4 Å². The highest BCUT2D eigenvalue weighted by Gasteiger charge is 2.19. The second-order valence-electron chi connectivity index (χ2n) is 7.03. The smallest absolute Gasteiger partial charge is 0.254 e. The predicted octanol–water partition coefficient (Wildman–Crippen LogP) is 5.68. The van der Waals surface area contributed by atoms with Gasteiger partial charge in [0.25, 0.3) is 5.91 Å². The average molecular weight is 355 g/mol. The standard InChI is InChI=1S/C21H26N2OS/c1-15(2)17-10-8-16(9-11-17)14-22-21-19(12-13-25-21)20(24)23-18-6-4-3-5-7-18/h8-15,18H,3-7H2,1-2H3,(H,23,24). The van der Waals surface area contributed by atoms with Crippen LogP contribution in [-0.2, 0) is 0 Å². The second kappa shape index (κ2) is 8.43. The normalized spacial score (nSPS) is 15.8. The van der Waals surface area contributed by atoms with E-state index in [1.54, 1.807) is 0 Å². The molecule has 1 aliphatic rings. The summed E-state index contributed by atoms with van der Waals surface area (Å²) in [4.78, 5) is 17.1. The number of benzene rings is 1. The number of hydrogen-bond acceptors (Lipinski definition) is 3. The van der Waals surface area contributed by atoms with Crippen molar-refractivity contribution in [1.82, 2.24) is 5.32 Å². The van der Waals surface area contributed by atoms with Crippen molar-refractivity contribution in [2.75, 3.05) is 0 Å². The zero-order valence-corrected chi connectivity index (χ0v) is 15.8. The Hall–Kier alpha value is -1.94. The maximum atomic E-state index is 12.5. The van der Waals surface area contributed by atoms with Crippen LogP contribution in [0.25, 0.3) is 0 Å². The summed E-state index contributed by atoms with van der Waals surface area (Å²) in [6.45, 7) is 4.37. The molecule has 0 aliphatic heterocycles. The molecule has 1 aliphatic carbocycles. The van der Waals surface area contributed by atoms with Crippen LogP contribution in [0, 0.1) is 0 Å². The van der Waals surface area contributed by atoms with Gasteiger partial charge in [-0.3, -0.25) is 4.79 Å². The van der Waals surface area contributed by atoms with Gasteiger partial charge in [0.1, 0.15) is 5.00 Å². The zero-order valence-electron chi connectivity index (χ0n) is 15.0. The third-order valence-electron chi connectivity index (χ3n) is 4.76. The fourth-order valence-electron chi connectivity index (χ4n) is 3.18. The topological polar surface area (TPSA) is 41.5 Å². The highest BCUT2D eigenvalue weighted by atomic mass is 32.1. The Kier molecular flexibility index (Phi) is 6.03. The van der Waals surface area contributed by atoms with Crippen molar-refractivity contribution in [3.63, 3.8) is 0 Å². The Morgan fingerprint density at radius 2 is 1.88 bits per heavy atom. The summed E-state index contributed by atoms with van der Waals surface area (Å²) in [6.07, 6.45) is 7.74. The van der Waals surface area contributed by atoms with E-state index in [4.69, 9.17) is 0 Å². The molecule has 1 aromatic heterocycles. The van der Waals surface area contributed by atoms with Crippen LogP contribution in [0.5, 0.6) is 0 Å². The van der Waals surface area contributed by atoms with Crippen LogP contribution in [0.2, 0.25) is 0 Å². The number of hydrogen-bond donors (Lipinski definition) is 1. The van der Waals surface area contributed by atoms with Crippen molar-refractivity contribution in [2.24, 2.45) is 4.99 Å². The molecule has 3 nitrogen and oxygen atoms in total. The molecule has 0 bridgehead atoms. The summed E-state index contributed by atoms with van der Waals surface area (Å²) in [5.74, 6) is 0.536. The van der Waals surface area contributed by atoms with Gasteiger partial charge in [-0.25, -0.2) is 4.99 Å². The Morgan fingerprint density at radius 1 is 1.16 bits per heavy atom. The summed E-state index contributed by atoms with van der Waals surface area (Å²) in [7, 11) is 0. The minimum absolute atomic E-state index is 0.00968. The van der Waals surface area contributed by atoms with E-state index in [1.807, 2.05) is 17.7 Å². The molecule has 0 saturated heterocycles. The van der Waals surface area contributed by atoms with Gasteiger partial charge in [-0.1, -0.05) is 57.4 Å². The third kappa shape index (κ3) is 4.79. The van der Waals surface area contributed by atoms with Crippen LogP contribution < -0.4 is 5.32 Å². The average Bonchev–Trinajstić information content (AvgIpc) is 3.10. The number of thiophene rings is 1. The first-order chi connectivity index (χ1) is 12.1. The van der Waals surface area contributed by atoms with E-state index >= 15 is 0 Å². The van der Waals surface area contributed by atoms with Crippen molar-refractivity contribution < 1.29 is 4.79 Å². The molecule has 1 amide bonds. The highest BCUT2D eigenvalue weighted by molar-refractivity contribution is 7.14. The van der Waals surface area contributed by atoms with E-state index in [0.29, 0.717) is 17.5 Å². The lowest BCUT2D eigenvalue weighted by molar-refractivity contribution is 0.0929. The van der Waals surface area contributed by atoms with E-state index in [1.165, 1.54) is 36.2 Å². The Morgan fingerprint density at radius 3 is 2.56 bits per heavy atom. The Balaban J connectivity index is 1.67. The number of carbonyl (C=O) groups excluding carboxylic acids is 1. The summed E-state index contributed by atoms with van der Waals surface area (Å²) in [5, 5.41) is 5.89. The van der Waals surface area contributed by atoms with Gasteiger partial charge in [-0.05, 0) is 41.3 Å². The monoisotopic (exact) mass is 354 g/mol. The molecule has 1 fully saturated rings. The first-order valence-electron chi connectivity index (χ1n) is 9.16. The van der Waals surface area contributed by atoms with Crippen LogP contribution in [0.15, 0.2) is 40.7 Å². The van der Waals surface area contributed by atoms with E-state index in [2.05, 4.69) is 48.4 Å². The molecule has 25 heavy (non-hydrogen) atoms. The molecule has 0 spiro atoms. The summed E-state index contributed by atoms with van der Waals surface area (Å²) in [6, 6.07) is 10.6. The number of aliphatic imine (C=N–C) groups is 1. The summed E-state index contributed by atoms with van der Waals surface area (Å²) in [5.41, 5.74) is 3.06. The largest absolute Gasteiger partial charge is 0.349 e. The quantitative estimate of drug-likeness (QED) is 0.689. The molecular weight excluding hydrogens is 328 g/mol. The van der Waals surface area contributed by atoms with Gasteiger partial charge in [-0.2, -0.15) is 0 Å². The van der Waals surface area contributed by atoms with Crippen LogP contribution in [0.1, 0.15) is 73.4 Å². The molecule has 2 aromatic rings. The van der Waals surface area contributed by atoms with E-state index in [9.17, 15) is 4.79 Å². The molecule has 0 unspecified atom stereocenters. The first-order valence-corrected chi connectivity index (χ1v) is 10.0. The van der Waals surface area contributed by atoms with Crippen molar-refractivity contribution in [3.8, 4) is 0 Å². The minimum Gasteiger partial charge on any atom is -0.349 e. The Bertz CT molecular complexity index is 725. The number of rotatable bonds is 5. The van der Waals surface area contributed by atoms with Gasteiger partial charge in [0.2, 0.25) is 0 Å². The van der Waals surface area contributed by atoms with E-state index in [-0.39, 0.29) is 5.91 Å². The molecule has 1 aromatic carbocycles. The van der Waals surface area contributed by atoms with Crippen molar-refractivity contribution in [3.05, 3.63) is 52.4 Å². The van der Waals surface area contributed by atoms with Gasteiger partial charge < -0.3 is 5.32 Å². The van der Waals surface area contributed by atoms with Crippen molar-refractivity contribution in [1.29, 1.82) is 0 Å². The molecular formula is C21H26N2OS. The predicted molar refractivity (Wildman–Crippen MR) is 106 cm³/mol. The second-order valence-corrected chi connectivity index (χ2v) is 7.92. The number of amides is 1. The lowest BCUT2D eigenvalue weighted by Gasteiger charge is -2.22. The van der Waals surface area contributed by atoms with Gasteiger partial charge in [0, 0.05) is 12.3 Å². The highest BCUT2D eigenvalue weighted by Crippen LogP contribution is 2.27.